The molecule has 0 unspecified atom stereocenters. The second kappa shape index (κ2) is 5.68. The van der Waals surface area contributed by atoms with Crippen molar-refractivity contribution in [2.24, 2.45) is 0 Å². The summed E-state index contributed by atoms with van der Waals surface area (Å²) in [6.07, 6.45) is 2.12. The van der Waals surface area contributed by atoms with E-state index < -0.39 is 11.6 Å². The average molecular weight is 306 g/mol. The fraction of sp³-hybridized carbons (Fsp3) is 0.500. The van der Waals surface area contributed by atoms with Crippen molar-refractivity contribution in [2.75, 3.05) is 13.2 Å². The molecule has 2 heterocycles. The fourth-order valence-corrected chi connectivity index (χ4v) is 3.16. The van der Waals surface area contributed by atoms with Gasteiger partial charge < -0.3 is 10.1 Å². The van der Waals surface area contributed by atoms with Crippen LogP contribution in [0, 0.1) is 5.82 Å². The molecule has 2 saturated heterocycles. The summed E-state index contributed by atoms with van der Waals surface area (Å²) in [5.74, 6) is -0.662. The van der Waals surface area contributed by atoms with Gasteiger partial charge in [-0.1, -0.05) is 19.1 Å². The number of amides is 3. The molecule has 0 saturated carbocycles. The van der Waals surface area contributed by atoms with E-state index in [1.807, 2.05) is 6.92 Å². The van der Waals surface area contributed by atoms with Crippen molar-refractivity contribution in [3.63, 3.8) is 0 Å². The Hall–Kier alpha value is -1.95. The second-order valence-electron chi connectivity index (χ2n) is 5.75. The van der Waals surface area contributed by atoms with Crippen molar-refractivity contribution in [1.82, 2.24) is 10.2 Å². The molecule has 1 aromatic carbocycles. The molecule has 118 valence electrons. The van der Waals surface area contributed by atoms with Gasteiger partial charge >= 0.3 is 6.03 Å². The molecule has 0 spiro atoms. The van der Waals surface area contributed by atoms with E-state index >= 15 is 0 Å². The van der Waals surface area contributed by atoms with Gasteiger partial charge in [-0.2, -0.15) is 0 Å². The van der Waals surface area contributed by atoms with Crippen LogP contribution in [0.15, 0.2) is 24.3 Å². The van der Waals surface area contributed by atoms with Crippen LogP contribution < -0.4 is 5.32 Å². The predicted molar refractivity (Wildman–Crippen MR) is 77.6 cm³/mol. The fourth-order valence-electron chi connectivity index (χ4n) is 3.16. The average Bonchev–Trinajstić information content (AvgIpc) is 3.11. The normalized spacial score (nSPS) is 28.3. The molecular formula is C16H19FN2O3. The predicted octanol–water partition coefficient (Wildman–Crippen LogP) is 2.16. The molecular weight excluding hydrogens is 287 g/mol. The van der Waals surface area contributed by atoms with Gasteiger partial charge in [-0.3, -0.25) is 9.69 Å². The zero-order valence-corrected chi connectivity index (χ0v) is 12.5. The van der Waals surface area contributed by atoms with Gasteiger partial charge in [0.15, 0.2) is 0 Å². The first-order chi connectivity index (χ1) is 10.6. The SMILES string of the molecule is CC[C@]1(c2ccc(F)cc2)NC(=O)N(C[C@H]2CCCO2)C1=O. The van der Waals surface area contributed by atoms with Crippen molar-refractivity contribution >= 4 is 11.9 Å². The minimum Gasteiger partial charge on any atom is -0.376 e. The van der Waals surface area contributed by atoms with Crippen molar-refractivity contribution in [2.45, 2.75) is 37.8 Å². The molecule has 1 N–H and O–H groups in total. The minimum atomic E-state index is -1.11. The van der Waals surface area contributed by atoms with Crippen LogP contribution in [0.5, 0.6) is 0 Å². The zero-order valence-electron chi connectivity index (χ0n) is 12.5. The maximum absolute atomic E-state index is 13.1. The maximum atomic E-state index is 13.1. The molecule has 1 aromatic rings. The molecule has 3 rings (SSSR count). The molecule has 22 heavy (non-hydrogen) atoms. The summed E-state index contributed by atoms with van der Waals surface area (Å²) in [6.45, 7) is 2.77. The Balaban J connectivity index is 1.87. The number of urea groups is 1. The number of nitrogens with one attached hydrogen (secondary N) is 1. The highest BCUT2D eigenvalue weighted by atomic mass is 19.1. The van der Waals surface area contributed by atoms with Gasteiger partial charge in [0.2, 0.25) is 0 Å². The first-order valence-electron chi connectivity index (χ1n) is 7.58. The van der Waals surface area contributed by atoms with Crippen molar-refractivity contribution in [3.8, 4) is 0 Å². The monoisotopic (exact) mass is 306 g/mol. The summed E-state index contributed by atoms with van der Waals surface area (Å²) < 4.78 is 18.6. The zero-order chi connectivity index (χ0) is 15.7. The number of carbonyl (C=O) groups excluding carboxylic acids is 2. The van der Waals surface area contributed by atoms with E-state index in [2.05, 4.69) is 5.32 Å². The molecule has 0 radical (unpaired) electrons. The summed E-state index contributed by atoms with van der Waals surface area (Å²) in [4.78, 5) is 26.3. The third-order valence-corrected chi connectivity index (χ3v) is 4.45. The highest BCUT2D eigenvalue weighted by Gasteiger charge is 2.51. The molecule has 2 aliphatic rings. The van der Waals surface area contributed by atoms with Gasteiger partial charge in [0.1, 0.15) is 11.4 Å². The maximum Gasteiger partial charge on any atom is 0.325 e. The van der Waals surface area contributed by atoms with Gasteiger partial charge in [-0.25, -0.2) is 9.18 Å². The van der Waals surface area contributed by atoms with Gasteiger partial charge in [-0.05, 0) is 37.0 Å². The summed E-state index contributed by atoms with van der Waals surface area (Å²) in [5, 5.41) is 2.79. The Bertz CT molecular complexity index is 584. The smallest absolute Gasteiger partial charge is 0.325 e. The summed E-state index contributed by atoms with van der Waals surface area (Å²) in [5.41, 5.74) is -0.506. The Morgan fingerprint density at radius 3 is 2.68 bits per heavy atom. The number of hydrogen-bond donors (Lipinski definition) is 1. The van der Waals surface area contributed by atoms with Gasteiger partial charge in [0, 0.05) is 6.61 Å². The molecule has 0 bridgehead atoms. The van der Waals surface area contributed by atoms with E-state index in [1.54, 1.807) is 12.1 Å². The number of ether oxygens (including phenoxy) is 1. The van der Waals surface area contributed by atoms with Crippen LogP contribution in [-0.2, 0) is 15.1 Å². The van der Waals surface area contributed by atoms with Crippen LogP contribution in [0.3, 0.4) is 0 Å². The summed E-state index contributed by atoms with van der Waals surface area (Å²) in [7, 11) is 0. The second-order valence-corrected chi connectivity index (χ2v) is 5.75. The lowest BCUT2D eigenvalue weighted by Crippen LogP contribution is -2.44. The van der Waals surface area contributed by atoms with E-state index in [0.29, 0.717) is 18.6 Å². The van der Waals surface area contributed by atoms with E-state index in [1.165, 1.54) is 17.0 Å². The Morgan fingerprint density at radius 2 is 2.09 bits per heavy atom. The molecule has 5 nitrogen and oxygen atoms in total. The van der Waals surface area contributed by atoms with Gasteiger partial charge in [0.25, 0.3) is 5.91 Å². The number of nitrogens with zero attached hydrogens (tertiary/aromatic N) is 1. The Morgan fingerprint density at radius 1 is 1.36 bits per heavy atom. The molecule has 2 atom stereocenters. The van der Waals surface area contributed by atoms with Crippen LogP contribution in [0.1, 0.15) is 31.7 Å². The van der Waals surface area contributed by atoms with E-state index in [-0.39, 0.29) is 24.4 Å². The molecule has 0 aromatic heterocycles. The van der Waals surface area contributed by atoms with E-state index in [4.69, 9.17) is 4.74 Å². The molecule has 2 fully saturated rings. The number of rotatable bonds is 4. The molecule has 0 aliphatic carbocycles. The molecule has 2 aliphatic heterocycles. The topological polar surface area (TPSA) is 58.6 Å². The Kier molecular flexibility index (Phi) is 3.87. The highest BCUT2D eigenvalue weighted by molar-refractivity contribution is 6.07. The minimum absolute atomic E-state index is 0.0874. The van der Waals surface area contributed by atoms with Crippen molar-refractivity contribution in [1.29, 1.82) is 0 Å². The first kappa shape index (κ1) is 15.0. The summed E-state index contributed by atoms with van der Waals surface area (Å²) >= 11 is 0. The number of imide groups is 1. The van der Waals surface area contributed by atoms with Crippen molar-refractivity contribution < 1.29 is 18.7 Å². The standard InChI is InChI=1S/C16H19FN2O3/c1-2-16(11-5-7-12(17)8-6-11)14(20)19(15(21)18-16)10-13-4-3-9-22-13/h5-8,13H,2-4,9-10H2,1H3,(H,18,21)/t13-,16-/m1/s1. The van der Waals surface area contributed by atoms with Crippen molar-refractivity contribution in [3.05, 3.63) is 35.6 Å². The number of benzene rings is 1. The van der Waals surface area contributed by atoms with Crippen LogP contribution in [0.2, 0.25) is 0 Å². The van der Waals surface area contributed by atoms with Crippen LogP contribution in [0.25, 0.3) is 0 Å². The largest absolute Gasteiger partial charge is 0.376 e. The lowest BCUT2D eigenvalue weighted by Gasteiger charge is -2.26. The summed E-state index contributed by atoms with van der Waals surface area (Å²) in [6, 6.07) is 5.29. The lowest BCUT2D eigenvalue weighted by molar-refractivity contribution is -0.132. The third-order valence-electron chi connectivity index (χ3n) is 4.45. The van der Waals surface area contributed by atoms with Crippen LogP contribution in [-0.4, -0.2) is 36.1 Å². The lowest BCUT2D eigenvalue weighted by atomic mass is 9.87. The van der Waals surface area contributed by atoms with E-state index in [0.717, 1.165) is 12.8 Å². The number of hydrogen-bond acceptors (Lipinski definition) is 3. The highest BCUT2D eigenvalue weighted by Crippen LogP contribution is 2.33. The number of carbonyl (C=O) groups is 2. The Labute approximate surface area is 128 Å². The van der Waals surface area contributed by atoms with Crippen LogP contribution >= 0.6 is 0 Å². The van der Waals surface area contributed by atoms with E-state index in [9.17, 15) is 14.0 Å². The van der Waals surface area contributed by atoms with Gasteiger partial charge in [-0.15, -0.1) is 0 Å². The number of halogens is 1. The molecule has 3 amide bonds. The quantitative estimate of drug-likeness (QED) is 0.867. The third kappa shape index (κ3) is 2.37. The van der Waals surface area contributed by atoms with Gasteiger partial charge in [0.05, 0.1) is 12.6 Å². The first-order valence-corrected chi connectivity index (χ1v) is 7.58. The molecule has 6 heteroatoms. The van der Waals surface area contributed by atoms with Crippen LogP contribution in [0.4, 0.5) is 9.18 Å².